The third kappa shape index (κ3) is 2.82. The van der Waals surface area contributed by atoms with Gasteiger partial charge in [0.15, 0.2) is 0 Å². The molecular formula is C24H25N5O. The number of nitrogens with zero attached hydrogens (tertiary/aromatic N) is 4. The summed E-state index contributed by atoms with van der Waals surface area (Å²) in [4.78, 5) is 27.5. The fourth-order valence-corrected chi connectivity index (χ4v) is 5.85. The molecule has 0 saturated carbocycles. The van der Waals surface area contributed by atoms with Crippen molar-refractivity contribution in [3.05, 3.63) is 72.1 Å². The highest BCUT2D eigenvalue weighted by molar-refractivity contribution is 5.94. The van der Waals surface area contributed by atoms with Crippen molar-refractivity contribution in [1.29, 1.82) is 0 Å². The highest BCUT2D eigenvalue weighted by atomic mass is 16.2. The molecule has 7 rings (SSSR count). The predicted octanol–water partition coefficient (Wildman–Crippen LogP) is 1.93. The van der Waals surface area contributed by atoms with Crippen LogP contribution in [0.5, 0.6) is 0 Å². The van der Waals surface area contributed by atoms with Gasteiger partial charge in [0.1, 0.15) is 5.69 Å². The Hall–Kier alpha value is -2.83. The van der Waals surface area contributed by atoms with Crippen LogP contribution >= 0.6 is 0 Å². The topological polar surface area (TPSA) is 61.4 Å². The summed E-state index contributed by atoms with van der Waals surface area (Å²) in [5.74, 6) is 0.289. The van der Waals surface area contributed by atoms with E-state index >= 15 is 0 Å². The molecule has 0 radical (unpaired) electrons. The minimum absolute atomic E-state index is 0.0891. The van der Waals surface area contributed by atoms with Crippen molar-refractivity contribution in [3.63, 3.8) is 0 Å². The average molecular weight is 399 g/mol. The van der Waals surface area contributed by atoms with Crippen LogP contribution in [0.4, 0.5) is 0 Å². The van der Waals surface area contributed by atoms with Crippen LogP contribution in [-0.4, -0.2) is 71.0 Å². The van der Waals surface area contributed by atoms with Gasteiger partial charge in [0.05, 0.1) is 17.2 Å². The number of piperidine rings is 2. The summed E-state index contributed by atoms with van der Waals surface area (Å²) in [5.41, 5.74) is 3.17. The van der Waals surface area contributed by atoms with Crippen LogP contribution in [0.1, 0.15) is 16.1 Å². The number of benzene rings is 2. The first kappa shape index (κ1) is 18.0. The van der Waals surface area contributed by atoms with Gasteiger partial charge >= 0.3 is 0 Å². The van der Waals surface area contributed by atoms with E-state index in [0.29, 0.717) is 11.6 Å². The van der Waals surface area contributed by atoms with E-state index < -0.39 is 0 Å². The van der Waals surface area contributed by atoms with Gasteiger partial charge in [0.2, 0.25) is 0 Å². The molecule has 2 aromatic carbocycles. The van der Waals surface area contributed by atoms with E-state index in [1.165, 1.54) is 5.56 Å². The molecule has 152 valence electrons. The second kappa shape index (κ2) is 6.86. The van der Waals surface area contributed by atoms with E-state index in [9.17, 15) is 4.79 Å². The summed E-state index contributed by atoms with van der Waals surface area (Å²) in [5, 5.41) is 3.42. The van der Waals surface area contributed by atoms with Crippen molar-refractivity contribution < 1.29 is 4.79 Å². The van der Waals surface area contributed by atoms with Crippen molar-refractivity contribution in [2.45, 2.75) is 11.5 Å². The summed E-state index contributed by atoms with van der Waals surface area (Å²) in [7, 11) is 0. The maximum absolute atomic E-state index is 13.3. The van der Waals surface area contributed by atoms with Crippen LogP contribution in [0.15, 0.2) is 60.8 Å². The van der Waals surface area contributed by atoms with E-state index in [0.717, 1.165) is 50.3 Å². The quantitative estimate of drug-likeness (QED) is 0.729. The van der Waals surface area contributed by atoms with E-state index in [1.807, 2.05) is 24.3 Å². The van der Waals surface area contributed by atoms with Crippen molar-refractivity contribution >= 4 is 16.9 Å². The third-order valence-electron chi connectivity index (χ3n) is 7.11. The summed E-state index contributed by atoms with van der Waals surface area (Å²) in [6, 6.07) is 18.5. The van der Waals surface area contributed by atoms with Gasteiger partial charge in [0.25, 0.3) is 5.91 Å². The van der Waals surface area contributed by atoms with Crippen molar-refractivity contribution in [2.75, 3.05) is 39.3 Å². The molecule has 4 bridgehead atoms. The van der Waals surface area contributed by atoms with E-state index in [1.54, 1.807) is 6.20 Å². The van der Waals surface area contributed by atoms with Crippen molar-refractivity contribution in [3.8, 4) is 0 Å². The molecule has 1 N–H and O–H groups in total. The zero-order valence-electron chi connectivity index (χ0n) is 16.9. The molecule has 4 fully saturated rings. The first-order valence-electron chi connectivity index (χ1n) is 10.7. The van der Waals surface area contributed by atoms with Gasteiger partial charge in [0, 0.05) is 56.6 Å². The van der Waals surface area contributed by atoms with Crippen LogP contribution in [0.25, 0.3) is 11.0 Å². The van der Waals surface area contributed by atoms with Crippen molar-refractivity contribution in [1.82, 2.24) is 25.1 Å². The maximum atomic E-state index is 13.3. The monoisotopic (exact) mass is 399 g/mol. The van der Waals surface area contributed by atoms with E-state index in [4.69, 9.17) is 0 Å². The molecule has 2 unspecified atom stereocenters. The normalized spacial score (nSPS) is 32.1. The Kier molecular flexibility index (Phi) is 4.11. The zero-order chi connectivity index (χ0) is 20.1. The first-order valence-corrected chi connectivity index (χ1v) is 10.7. The molecule has 4 saturated heterocycles. The molecule has 6 heteroatoms. The SMILES string of the molecule is O=C(N[C@@H]1C2CN3CCN(C2)CC1(c1ccccc1)C3)c1cnc2ccccc2n1. The first-order chi connectivity index (χ1) is 14.7. The number of fused-ring (bicyclic) bond motifs is 2. The summed E-state index contributed by atoms with van der Waals surface area (Å²) in [6.45, 7) is 6.28. The van der Waals surface area contributed by atoms with Gasteiger partial charge in [-0.1, -0.05) is 42.5 Å². The second-order valence-corrected chi connectivity index (χ2v) is 8.95. The largest absolute Gasteiger partial charge is 0.347 e. The lowest BCUT2D eigenvalue weighted by molar-refractivity contribution is 0.0179. The molecule has 1 amide bonds. The molecule has 6 nitrogen and oxygen atoms in total. The number of rotatable bonds is 3. The Morgan fingerprint density at radius 1 is 0.933 bits per heavy atom. The van der Waals surface area contributed by atoms with Crippen LogP contribution in [-0.2, 0) is 5.41 Å². The van der Waals surface area contributed by atoms with Gasteiger partial charge < -0.3 is 15.1 Å². The lowest BCUT2D eigenvalue weighted by Gasteiger charge is -2.55. The second-order valence-electron chi connectivity index (χ2n) is 8.95. The van der Waals surface area contributed by atoms with Crippen LogP contribution in [0.3, 0.4) is 0 Å². The Morgan fingerprint density at radius 2 is 1.60 bits per heavy atom. The maximum Gasteiger partial charge on any atom is 0.271 e. The fourth-order valence-electron chi connectivity index (χ4n) is 5.85. The molecule has 0 spiro atoms. The smallest absolute Gasteiger partial charge is 0.271 e. The van der Waals surface area contributed by atoms with Crippen LogP contribution in [0, 0.1) is 5.92 Å². The summed E-state index contributed by atoms with van der Waals surface area (Å²) in [6.07, 6.45) is 1.60. The number of aromatic nitrogens is 2. The van der Waals surface area contributed by atoms with Gasteiger partial charge in [-0.3, -0.25) is 9.78 Å². The lowest BCUT2D eigenvalue weighted by Crippen LogP contribution is -2.70. The molecular weight excluding hydrogens is 374 g/mol. The Balaban J connectivity index is 1.37. The highest BCUT2D eigenvalue weighted by Crippen LogP contribution is 2.43. The van der Waals surface area contributed by atoms with Gasteiger partial charge in [-0.2, -0.15) is 0 Å². The Labute approximate surface area is 175 Å². The molecule has 30 heavy (non-hydrogen) atoms. The Bertz CT molecular complexity index is 1080. The lowest BCUT2D eigenvalue weighted by atomic mass is 9.64. The minimum Gasteiger partial charge on any atom is -0.347 e. The number of para-hydroxylation sites is 2. The van der Waals surface area contributed by atoms with Crippen LogP contribution < -0.4 is 5.32 Å². The molecule has 3 atom stereocenters. The average Bonchev–Trinajstić information content (AvgIpc) is 3.04. The Morgan fingerprint density at radius 3 is 2.33 bits per heavy atom. The number of carbonyl (C=O) groups is 1. The molecule has 5 heterocycles. The third-order valence-corrected chi connectivity index (χ3v) is 7.11. The fraction of sp³-hybridized carbons (Fsp3) is 0.375. The highest BCUT2D eigenvalue weighted by Gasteiger charge is 2.55. The zero-order valence-corrected chi connectivity index (χ0v) is 16.9. The van der Waals surface area contributed by atoms with Crippen molar-refractivity contribution in [2.24, 2.45) is 5.92 Å². The summed E-state index contributed by atoms with van der Waals surface area (Å²) < 4.78 is 0. The number of nitrogens with one attached hydrogen (secondary N) is 1. The molecule has 4 aliphatic heterocycles. The van der Waals surface area contributed by atoms with Gasteiger partial charge in [-0.25, -0.2) is 4.98 Å². The molecule has 4 aliphatic rings. The number of carbonyl (C=O) groups excluding carboxylic acids is 1. The van der Waals surface area contributed by atoms with Gasteiger partial charge in [-0.05, 0) is 17.7 Å². The van der Waals surface area contributed by atoms with E-state index in [2.05, 4.69) is 55.4 Å². The standard InChI is InChI=1S/C24H25N5O/c30-23(21-12-25-19-8-4-5-9-20(19)26-21)27-22-17-13-28-10-11-29(14-17)16-24(22,15-28)18-6-2-1-3-7-18/h1-9,12,17,22H,10-11,13-16H2,(H,27,30)/t17?,22-,24?/m1/s1. The number of hydrogen-bond acceptors (Lipinski definition) is 5. The summed E-state index contributed by atoms with van der Waals surface area (Å²) >= 11 is 0. The molecule has 3 aromatic rings. The predicted molar refractivity (Wildman–Crippen MR) is 115 cm³/mol. The van der Waals surface area contributed by atoms with Crippen LogP contribution in [0.2, 0.25) is 0 Å². The molecule has 0 aliphatic carbocycles. The number of hydrogen-bond donors (Lipinski definition) is 1. The number of amides is 1. The minimum atomic E-state index is -0.121. The van der Waals surface area contributed by atoms with Gasteiger partial charge in [-0.15, -0.1) is 0 Å². The van der Waals surface area contributed by atoms with E-state index in [-0.39, 0.29) is 17.4 Å². The molecule has 1 aromatic heterocycles.